The van der Waals surface area contributed by atoms with Crippen molar-refractivity contribution in [1.82, 2.24) is 0 Å². The SMILES string of the molecule is Cc1cc(C)cc(CC2(O)CCCOCC2)c1. The van der Waals surface area contributed by atoms with E-state index >= 15 is 0 Å². The summed E-state index contributed by atoms with van der Waals surface area (Å²) in [6, 6.07) is 6.52. The van der Waals surface area contributed by atoms with Crippen LogP contribution in [0, 0.1) is 13.8 Å². The van der Waals surface area contributed by atoms with Crippen molar-refractivity contribution in [1.29, 1.82) is 0 Å². The summed E-state index contributed by atoms with van der Waals surface area (Å²) in [6.45, 7) is 5.68. The summed E-state index contributed by atoms with van der Waals surface area (Å²) < 4.78 is 5.42. The van der Waals surface area contributed by atoms with Crippen molar-refractivity contribution < 1.29 is 9.84 Å². The third kappa shape index (κ3) is 3.55. The lowest BCUT2D eigenvalue weighted by Crippen LogP contribution is -2.31. The Labute approximate surface area is 104 Å². The molecule has 1 aromatic rings. The highest BCUT2D eigenvalue weighted by molar-refractivity contribution is 5.29. The molecule has 1 aliphatic rings. The second-order valence-electron chi connectivity index (χ2n) is 5.36. The zero-order chi connectivity index (χ0) is 12.3. The number of rotatable bonds is 2. The first-order valence-electron chi connectivity index (χ1n) is 6.45. The Bertz CT molecular complexity index is 356. The van der Waals surface area contributed by atoms with E-state index in [1.807, 2.05) is 0 Å². The summed E-state index contributed by atoms with van der Waals surface area (Å²) in [4.78, 5) is 0. The Kier molecular flexibility index (Phi) is 3.85. The van der Waals surface area contributed by atoms with E-state index in [4.69, 9.17) is 4.74 Å². The van der Waals surface area contributed by atoms with E-state index < -0.39 is 5.60 Å². The molecule has 1 aliphatic heterocycles. The monoisotopic (exact) mass is 234 g/mol. The summed E-state index contributed by atoms with van der Waals surface area (Å²) in [5.74, 6) is 0. The average Bonchev–Trinajstić information content (AvgIpc) is 2.41. The molecule has 1 atom stereocenters. The molecule has 1 aromatic carbocycles. The van der Waals surface area contributed by atoms with Crippen LogP contribution in [0.3, 0.4) is 0 Å². The number of ether oxygens (including phenoxy) is 1. The normalized spacial score (nSPS) is 25.6. The van der Waals surface area contributed by atoms with Gasteiger partial charge in [-0.25, -0.2) is 0 Å². The van der Waals surface area contributed by atoms with Gasteiger partial charge in [0.15, 0.2) is 0 Å². The predicted octanol–water partition coefficient (Wildman–Crippen LogP) is 2.78. The molecule has 1 fully saturated rings. The Morgan fingerprint density at radius 1 is 1.12 bits per heavy atom. The van der Waals surface area contributed by atoms with Crippen LogP contribution in [-0.4, -0.2) is 23.9 Å². The van der Waals surface area contributed by atoms with Gasteiger partial charge >= 0.3 is 0 Å². The van der Waals surface area contributed by atoms with E-state index in [9.17, 15) is 5.11 Å². The van der Waals surface area contributed by atoms with Crippen molar-refractivity contribution in [3.63, 3.8) is 0 Å². The van der Waals surface area contributed by atoms with Gasteiger partial charge in [0.05, 0.1) is 5.60 Å². The number of aliphatic hydroxyl groups is 1. The second-order valence-corrected chi connectivity index (χ2v) is 5.36. The van der Waals surface area contributed by atoms with Crippen molar-refractivity contribution in [2.45, 2.75) is 45.1 Å². The Balaban J connectivity index is 2.12. The molecule has 1 heterocycles. The zero-order valence-electron chi connectivity index (χ0n) is 10.8. The summed E-state index contributed by atoms with van der Waals surface area (Å²) >= 11 is 0. The summed E-state index contributed by atoms with van der Waals surface area (Å²) in [5.41, 5.74) is 3.21. The lowest BCUT2D eigenvalue weighted by atomic mass is 9.87. The number of aryl methyl sites for hydroxylation is 2. The first-order chi connectivity index (χ1) is 8.07. The Morgan fingerprint density at radius 2 is 1.82 bits per heavy atom. The molecule has 0 amide bonds. The summed E-state index contributed by atoms with van der Waals surface area (Å²) in [5, 5.41) is 10.6. The van der Waals surface area contributed by atoms with Crippen LogP contribution in [0.1, 0.15) is 36.0 Å². The molecule has 0 spiro atoms. The highest BCUT2D eigenvalue weighted by atomic mass is 16.5. The molecular formula is C15H22O2. The van der Waals surface area contributed by atoms with Gasteiger partial charge in [0.2, 0.25) is 0 Å². The summed E-state index contributed by atoms with van der Waals surface area (Å²) in [6.07, 6.45) is 3.31. The minimum Gasteiger partial charge on any atom is -0.389 e. The zero-order valence-corrected chi connectivity index (χ0v) is 10.8. The van der Waals surface area contributed by atoms with Crippen molar-refractivity contribution in [3.05, 3.63) is 34.9 Å². The molecule has 0 bridgehead atoms. The van der Waals surface area contributed by atoms with Gasteiger partial charge in [-0.2, -0.15) is 0 Å². The molecule has 2 heteroatoms. The molecule has 0 radical (unpaired) electrons. The van der Waals surface area contributed by atoms with E-state index in [-0.39, 0.29) is 0 Å². The van der Waals surface area contributed by atoms with Crippen LogP contribution >= 0.6 is 0 Å². The fourth-order valence-corrected chi connectivity index (χ4v) is 2.72. The van der Waals surface area contributed by atoms with Gasteiger partial charge in [-0.1, -0.05) is 29.3 Å². The van der Waals surface area contributed by atoms with E-state index in [0.717, 1.165) is 32.3 Å². The largest absolute Gasteiger partial charge is 0.389 e. The standard InChI is InChI=1S/C15H22O2/c1-12-8-13(2)10-14(9-12)11-15(16)4-3-6-17-7-5-15/h8-10,16H,3-7,11H2,1-2H3. The quantitative estimate of drug-likeness (QED) is 0.852. The van der Waals surface area contributed by atoms with Crippen LogP contribution in [-0.2, 0) is 11.2 Å². The van der Waals surface area contributed by atoms with E-state index in [2.05, 4.69) is 32.0 Å². The van der Waals surface area contributed by atoms with Gasteiger partial charge < -0.3 is 9.84 Å². The lowest BCUT2D eigenvalue weighted by molar-refractivity contribution is 0.0188. The van der Waals surface area contributed by atoms with Crippen molar-refractivity contribution in [2.24, 2.45) is 0 Å². The minimum atomic E-state index is -0.573. The van der Waals surface area contributed by atoms with E-state index in [1.54, 1.807) is 0 Å². The van der Waals surface area contributed by atoms with Gasteiger partial charge in [-0.05, 0) is 38.7 Å². The highest BCUT2D eigenvalue weighted by Crippen LogP contribution is 2.26. The molecular weight excluding hydrogens is 212 g/mol. The van der Waals surface area contributed by atoms with Crippen molar-refractivity contribution in [2.75, 3.05) is 13.2 Å². The molecule has 1 N–H and O–H groups in total. The molecule has 1 saturated heterocycles. The smallest absolute Gasteiger partial charge is 0.0710 e. The van der Waals surface area contributed by atoms with Crippen molar-refractivity contribution >= 4 is 0 Å². The molecule has 0 saturated carbocycles. The maximum atomic E-state index is 10.6. The fourth-order valence-electron chi connectivity index (χ4n) is 2.72. The van der Waals surface area contributed by atoms with Gasteiger partial charge in [0.1, 0.15) is 0 Å². The second kappa shape index (κ2) is 5.19. The first-order valence-corrected chi connectivity index (χ1v) is 6.45. The van der Waals surface area contributed by atoms with E-state index in [1.165, 1.54) is 16.7 Å². The van der Waals surface area contributed by atoms with Crippen LogP contribution in [0.15, 0.2) is 18.2 Å². The molecule has 17 heavy (non-hydrogen) atoms. The van der Waals surface area contributed by atoms with Crippen molar-refractivity contribution in [3.8, 4) is 0 Å². The number of hydrogen-bond acceptors (Lipinski definition) is 2. The van der Waals surface area contributed by atoms with Crippen LogP contribution in [0.5, 0.6) is 0 Å². The van der Waals surface area contributed by atoms with Crippen LogP contribution < -0.4 is 0 Å². The lowest BCUT2D eigenvalue weighted by Gasteiger charge is -2.26. The number of hydrogen-bond donors (Lipinski definition) is 1. The summed E-state index contributed by atoms with van der Waals surface area (Å²) in [7, 11) is 0. The molecule has 1 unspecified atom stereocenters. The average molecular weight is 234 g/mol. The fraction of sp³-hybridized carbons (Fsp3) is 0.600. The maximum Gasteiger partial charge on any atom is 0.0710 e. The Morgan fingerprint density at radius 3 is 2.53 bits per heavy atom. The van der Waals surface area contributed by atoms with Gasteiger partial charge in [0.25, 0.3) is 0 Å². The maximum absolute atomic E-state index is 10.6. The third-order valence-corrected chi connectivity index (χ3v) is 3.46. The van der Waals surface area contributed by atoms with Crippen LogP contribution in [0.2, 0.25) is 0 Å². The Hall–Kier alpha value is -0.860. The topological polar surface area (TPSA) is 29.5 Å². The van der Waals surface area contributed by atoms with Gasteiger partial charge in [-0.15, -0.1) is 0 Å². The van der Waals surface area contributed by atoms with Crippen LogP contribution in [0.25, 0.3) is 0 Å². The van der Waals surface area contributed by atoms with Crippen LogP contribution in [0.4, 0.5) is 0 Å². The molecule has 0 aliphatic carbocycles. The third-order valence-electron chi connectivity index (χ3n) is 3.46. The highest BCUT2D eigenvalue weighted by Gasteiger charge is 2.28. The van der Waals surface area contributed by atoms with Gasteiger partial charge in [-0.3, -0.25) is 0 Å². The minimum absolute atomic E-state index is 0.573. The van der Waals surface area contributed by atoms with E-state index in [0.29, 0.717) is 6.61 Å². The molecule has 2 rings (SSSR count). The molecule has 94 valence electrons. The van der Waals surface area contributed by atoms with Gasteiger partial charge in [0, 0.05) is 19.6 Å². The first kappa shape index (κ1) is 12.6. The number of benzene rings is 1. The molecule has 2 nitrogen and oxygen atoms in total. The molecule has 0 aromatic heterocycles. The predicted molar refractivity (Wildman–Crippen MR) is 69.2 cm³/mol.